The maximum absolute atomic E-state index is 9.52. The Morgan fingerprint density at radius 2 is 1.21 bits per heavy atom. The van der Waals surface area contributed by atoms with Crippen LogP contribution in [0.5, 0.6) is 0 Å². The van der Waals surface area contributed by atoms with E-state index in [1.165, 1.54) is 21.8 Å². The molecule has 154 valence electrons. The number of nitrogens with zero attached hydrogens (tertiary/aromatic N) is 3. The highest BCUT2D eigenvalue weighted by Crippen LogP contribution is 2.37. The Morgan fingerprint density at radius 1 is 0.606 bits per heavy atom. The highest BCUT2D eigenvalue weighted by Gasteiger charge is 2.15. The van der Waals surface area contributed by atoms with Crippen LogP contribution in [0.2, 0.25) is 0 Å². The second-order valence-electron chi connectivity index (χ2n) is 7.98. The van der Waals surface area contributed by atoms with Gasteiger partial charge in [-0.05, 0) is 47.5 Å². The van der Waals surface area contributed by atoms with Crippen LogP contribution in [0.25, 0.3) is 49.7 Å². The zero-order valence-electron chi connectivity index (χ0n) is 17.8. The molecule has 0 aliphatic carbocycles. The second kappa shape index (κ2) is 7.78. The molecule has 0 aliphatic rings. The molecule has 0 fully saturated rings. The molecule has 0 aliphatic heterocycles. The van der Waals surface area contributed by atoms with Crippen LogP contribution in [-0.4, -0.2) is 9.55 Å². The summed E-state index contributed by atoms with van der Waals surface area (Å²) in [6, 6.07) is 40.0. The minimum Gasteiger partial charge on any atom is -0.309 e. The van der Waals surface area contributed by atoms with Crippen LogP contribution in [0.15, 0.2) is 115 Å². The summed E-state index contributed by atoms with van der Waals surface area (Å²) in [6.45, 7) is 0. The van der Waals surface area contributed by atoms with E-state index in [9.17, 15) is 5.26 Å². The van der Waals surface area contributed by atoms with E-state index in [1.54, 1.807) is 6.20 Å². The average Bonchev–Trinajstić information content (AvgIpc) is 3.23. The summed E-state index contributed by atoms with van der Waals surface area (Å²) in [5, 5.41) is 12.0. The Morgan fingerprint density at radius 3 is 1.94 bits per heavy atom. The third kappa shape index (κ3) is 3.09. The lowest BCUT2D eigenvalue weighted by molar-refractivity contribution is 1.18. The molecule has 0 saturated heterocycles. The monoisotopic (exact) mass is 421 g/mol. The summed E-state index contributed by atoms with van der Waals surface area (Å²) in [5.74, 6) is 0. The van der Waals surface area contributed by atoms with Gasteiger partial charge in [0.2, 0.25) is 0 Å². The first-order chi connectivity index (χ1) is 16.3. The van der Waals surface area contributed by atoms with Crippen molar-refractivity contribution < 1.29 is 0 Å². The molecule has 3 nitrogen and oxygen atoms in total. The Bertz CT molecular complexity index is 1630. The summed E-state index contributed by atoms with van der Waals surface area (Å²) in [7, 11) is 0. The Hall–Kier alpha value is -4.68. The number of nitriles is 1. The fraction of sp³-hybridized carbons (Fsp3) is 0. The fourth-order valence-corrected chi connectivity index (χ4v) is 4.68. The molecule has 2 aromatic heterocycles. The molecule has 6 aromatic rings. The van der Waals surface area contributed by atoms with Gasteiger partial charge in [-0.3, -0.25) is 0 Å². The molecule has 3 heteroatoms. The van der Waals surface area contributed by atoms with Gasteiger partial charge in [0.25, 0.3) is 0 Å². The van der Waals surface area contributed by atoms with E-state index in [2.05, 4.69) is 101 Å². The molecule has 2 heterocycles. The van der Waals surface area contributed by atoms with Gasteiger partial charge in [0.15, 0.2) is 0 Å². The van der Waals surface area contributed by atoms with Crippen molar-refractivity contribution in [1.29, 1.82) is 5.26 Å². The van der Waals surface area contributed by atoms with E-state index in [-0.39, 0.29) is 0 Å². The molecule has 0 bridgehead atoms. The maximum atomic E-state index is 9.52. The largest absolute Gasteiger partial charge is 0.309 e. The smallest absolute Gasteiger partial charge is 0.148 e. The molecule has 0 atom stereocenters. The number of hydrogen-bond donors (Lipinski definition) is 0. The van der Waals surface area contributed by atoms with Crippen LogP contribution >= 0.6 is 0 Å². The van der Waals surface area contributed by atoms with Crippen LogP contribution < -0.4 is 0 Å². The van der Waals surface area contributed by atoms with Gasteiger partial charge in [-0.25, -0.2) is 4.98 Å². The number of hydrogen-bond acceptors (Lipinski definition) is 2. The van der Waals surface area contributed by atoms with E-state index < -0.39 is 0 Å². The lowest BCUT2D eigenvalue weighted by Crippen LogP contribution is -1.97. The molecule has 0 amide bonds. The third-order valence-electron chi connectivity index (χ3n) is 6.12. The molecule has 0 saturated carbocycles. The van der Waals surface area contributed by atoms with Gasteiger partial charge >= 0.3 is 0 Å². The molecule has 6 rings (SSSR count). The third-order valence-corrected chi connectivity index (χ3v) is 6.12. The molecular formula is C30H19N3. The number of rotatable bonds is 3. The SMILES string of the molecule is N#Cc1ncccc1-c1cccc(-c2ccccc2-n2c3ccccc3c3ccccc32)c1. The topological polar surface area (TPSA) is 41.6 Å². The summed E-state index contributed by atoms with van der Waals surface area (Å²) in [6.07, 6.45) is 1.66. The van der Waals surface area contributed by atoms with Crippen molar-refractivity contribution in [3.63, 3.8) is 0 Å². The number of aromatic nitrogens is 2. The molecular weight excluding hydrogens is 402 g/mol. The van der Waals surface area contributed by atoms with Crippen LogP contribution in [0, 0.1) is 11.3 Å². The first-order valence-corrected chi connectivity index (χ1v) is 10.9. The van der Waals surface area contributed by atoms with Crippen molar-refractivity contribution in [2.75, 3.05) is 0 Å². The van der Waals surface area contributed by atoms with Crippen LogP contribution in [0.4, 0.5) is 0 Å². The fourth-order valence-electron chi connectivity index (χ4n) is 4.68. The highest BCUT2D eigenvalue weighted by atomic mass is 15.0. The van der Waals surface area contributed by atoms with Gasteiger partial charge in [0, 0.05) is 28.1 Å². The van der Waals surface area contributed by atoms with E-state index in [0.717, 1.165) is 27.9 Å². The van der Waals surface area contributed by atoms with Crippen molar-refractivity contribution in [1.82, 2.24) is 9.55 Å². The van der Waals surface area contributed by atoms with Gasteiger partial charge in [-0.1, -0.05) is 72.8 Å². The molecule has 33 heavy (non-hydrogen) atoms. The van der Waals surface area contributed by atoms with Gasteiger partial charge in [0.1, 0.15) is 11.8 Å². The van der Waals surface area contributed by atoms with E-state index >= 15 is 0 Å². The standard InChI is InChI=1S/C30H19N3/c31-20-27-23(14-8-18-32-27)21-9-7-10-22(19-21)24-11-1-4-15-28(24)33-29-16-5-2-12-25(29)26-13-3-6-17-30(26)33/h1-19H. The van der Waals surface area contributed by atoms with Crippen LogP contribution in [-0.2, 0) is 0 Å². The minimum atomic E-state index is 0.435. The molecule has 0 radical (unpaired) electrons. The first-order valence-electron chi connectivity index (χ1n) is 10.9. The average molecular weight is 422 g/mol. The van der Waals surface area contributed by atoms with E-state index in [4.69, 9.17) is 0 Å². The van der Waals surface area contributed by atoms with Gasteiger partial charge in [-0.2, -0.15) is 5.26 Å². The lowest BCUT2D eigenvalue weighted by atomic mass is 9.97. The summed E-state index contributed by atoms with van der Waals surface area (Å²) in [4.78, 5) is 4.24. The zero-order valence-corrected chi connectivity index (χ0v) is 17.8. The van der Waals surface area contributed by atoms with E-state index in [0.29, 0.717) is 5.69 Å². The predicted octanol–water partition coefficient (Wildman–Crippen LogP) is 7.38. The molecule has 0 N–H and O–H groups in total. The van der Waals surface area contributed by atoms with Crippen molar-refractivity contribution in [2.45, 2.75) is 0 Å². The van der Waals surface area contributed by atoms with E-state index in [1.807, 2.05) is 24.3 Å². The van der Waals surface area contributed by atoms with Gasteiger partial charge in [0.05, 0.1) is 16.7 Å². The quantitative estimate of drug-likeness (QED) is 0.299. The van der Waals surface area contributed by atoms with Crippen molar-refractivity contribution >= 4 is 21.8 Å². The molecule has 0 unspecified atom stereocenters. The summed E-state index contributed by atoms with van der Waals surface area (Å²) >= 11 is 0. The Balaban J connectivity index is 1.61. The van der Waals surface area contributed by atoms with Gasteiger partial charge < -0.3 is 4.57 Å². The number of para-hydroxylation sites is 3. The number of benzene rings is 4. The lowest BCUT2D eigenvalue weighted by Gasteiger charge is -2.15. The molecule has 4 aromatic carbocycles. The van der Waals surface area contributed by atoms with Crippen LogP contribution in [0.3, 0.4) is 0 Å². The predicted molar refractivity (Wildman–Crippen MR) is 134 cm³/mol. The van der Waals surface area contributed by atoms with Crippen molar-refractivity contribution in [3.05, 3.63) is 121 Å². The Labute approximate surface area is 191 Å². The van der Waals surface area contributed by atoms with Crippen LogP contribution in [0.1, 0.15) is 5.69 Å². The number of pyridine rings is 1. The maximum Gasteiger partial charge on any atom is 0.148 e. The van der Waals surface area contributed by atoms with Crippen molar-refractivity contribution in [3.8, 4) is 34.0 Å². The highest BCUT2D eigenvalue weighted by molar-refractivity contribution is 6.09. The summed E-state index contributed by atoms with van der Waals surface area (Å²) in [5.41, 5.74) is 7.98. The first kappa shape index (κ1) is 19.0. The second-order valence-corrected chi connectivity index (χ2v) is 7.98. The number of fused-ring (bicyclic) bond motifs is 3. The minimum absolute atomic E-state index is 0.435. The zero-order chi connectivity index (χ0) is 22.2. The Kier molecular flexibility index (Phi) is 4.49. The summed E-state index contributed by atoms with van der Waals surface area (Å²) < 4.78 is 2.34. The normalized spacial score (nSPS) is 11.0. The van der Waals surface area contributed by atoms with Crippen molar-refractivity contribution in [2.24, 2.45) is 0 Å². The molecule has 0 spiro atoms. The van der Waals surface area contributed by atoms with Gasteiger partial charge in [-0.15, -0.1) is 0 Å².